The molecule has 0 fully saturated rings. The van der Waals surface area contributed by atoms with Crippen LogP contribution in [0.15, 0.2) is 42.5 Å². The number of imidazole rings is 1. The van der Waals surface area contributed by atoms with Gasteiger partial charge >= 0.3 is 0 Å². The number of nitrogens with zero attached hydrogens (tertiary/aromatic N) is 2. The van der Waals surface area contributed by atoms with Crippen LogP contribution in [0.4, 0.5) is 0 Å². The summed E-state index contributed by atoms with van der Waals surface area (Å²) < 4.78 is 7.67. The van der Waals surface area contributed by atoms with E-state index >= 15 is 0 Å². The summed E-state index contributed by atoms with van der Waals surface area (Å²) in [5, 5.41) is 0. The van der Waals surface area contributed by atoms with Crippen molar-refractivity contribution in [1.29, 1.82) is 0 Å². The Hall–Kier alpha value is -2.00. The molecule has 0 aliphatic carbocycles. The van der Waals surface area contributed by atoms with E-state index in [2.05, 4.69) is 17.6 Å². The number of alkyl halides is 1. The van der Waals surface area contributed by atoms with E-state index in [1.165, 1.54) is 5.56 Å². The highest BCUT2D eigenvalue weighted by molar-refractivity contribution is 6.18. The molecule has 3 rings (SSSR count). The van der Waals surface area contributed by atoms with Gasteiger partial charge in [-0.2, -0.15) is 0 Å². The first kappa shape index (κ1) is 14.0. The third kappa shape index (κ3) is 2.38. The lowest BCUT2D eigenvalue weighted by Gasteiger charge is -2.13. The number of ether oxygens (including phenoxy) is 1. The molecular formula is C17H17ClN2O. The minimum Gasteiger partial charge on any atom is -0.495 e. The Labute approximate surface area is 129 Å². The van der Waals surface area contributed by atoms with Crippen molar-refractivity contribution >= 4 is 22.6 Å². The molecular weight excluding hydrogens is 284 g/mol. The van der Waals surface area contributed by atoms with Crippen LogP contribution in [0.3, 0.4) is 0 Å². The smallest absolute Gasteiger partial charge is 0.142 e. The van der Waals surface area contributed by atoms with Crippen LogP contribution >= 0.6 is 11.6 Å². The molecule has 0 bridgehead atoms. The number of hydrogen-bond donors (Lipinski definition) is 0. The summed E-state index contributed by atoms with van der Waals surface area (Å²) in [6.45, 7) is 2.10. The summed E-state index contributed by atoms with van der Waals surface area (Å²) in [6, 6.07) is 14.1. The number of fused-ring (bicyclic) bond motifs is 1. The number of para-hydroxylation sites is 3. The van der Waals surface area contributed by atoms with Crippen molar-refractivity contribution in [2.75, 3.05) is 13.0 Å². The van der Waals surface area contributed by atoms with Gasteiger partial charge in [0.05, 0.1) is 23.8 Å². The highest BCUT2D eigenvalue weighted by atomic mass is 35.5. The molecule has 108 valence electrons. The fraction of sp³-hybridized carbons (Fsp3) is 0.235. The number of rotatable bonds is 4. The second kappa shape index (κ2) is 5.78. The molecule has 0 atom stereocenters. The number of halogens is 1. The van der Waals surface area contributed by atoms with E-state index < -0.39 is 0 Å². The van der Waals surface area contributed by atoms with Gasteiger partial charge in [0.1, 0.15) is 11.6 Å². The molecule has 4 heteroatoms. The first-order valence-electron chi connectivity index (χ1n) is 6.92. The molecule has 21 heavy (non-hydrogen) atoms. The van der Waals surface area contributed by atoms with Gasteiger partial charge in [-0.15, -0.1) is 11.6 Å². The fourth-order valence-corrected chi connectivity index (χ4v) is 2.84. The van der Waals surface area contributed by atoms with E-state index in [-0.39, 0.29) is 0 Å². The van der Waals surface area contributed by atoms with Gasteiger partial charge in [-0.25, -0.2) is 4.98 Å². The maximum Gasteiger partial charge on any atom is 0.142 e. The average molecular weight is 301 g/mol. The van der Waals surface area contributed by atoms with E-state index in [0.717, 1.165) is 28.3 Å². The highest BCUT2D eigenvalue weighted by Crippen LogP contribution is 2.30. The van der Waals surface area contributed by atoms with Gasteiger partial charge in [-0.1, -0.05) is 24.3 Å². The van der Waals surface area contributed by atoms with Crippen LogP contribution in [-0.2, 0) is 6.42 Å². The van der Waals surface area contributed by atoms with Crippen molar-refractivity contribution < 1.29 is 4.74 Å². The van der Waals surface area contributed by atoms with Gasteiger partial charge in [-0.05, 0) is 30.7 Å². The zero-order valence-electron chi connectivity index (χ0n) is 12.1. The third-order valence-corrected chi connectivity index (χ3v) is 3.78. The zero-order chi connectivity index (χ0) is 14.8. The SMILES string of the molecule is COc1ccccc1-n1c(CCCl)nc2cccc(C)c21. The Bertz CT molecular complexity index is 780. The average Bonchev–Trinajstić information content (AvgIpc) is 2.87. The summed E-state index contributed by atoms with van der Waals surface area (Å²) in [7, 11) is 1.69. The zero-order valence-corrected chi connectivity index (χ0v) is 12.9. The predicted octanol–water partition coefficient (Wildman–Crippen LogP) is 4.12. The molecule has 0 aliphatic rings. The van der Waals surface area contributed by atoms with Crippen molar-refractivity contribution in [3.8, 4) is 11.4 Å². The van der Waals surface area contributed by atoms with Crippen molar-refractivity contribution in [1.82, 2.24) is 9.55 Å². The van der Waals surface area contributed by atoms with Crippen LogP contribution in [0.1, 0.15) is 11.4 Å². The maximum atomic E-state index is 5.95. The van der Waals surface area contributed by atoms with Crippen molar-refractivity contribution in [3.05, 3.63) is 53.9 Å². The molecule has 3 aromatic rings. The molecule has 2 aromatic carbocycles. The van der Waals surface area contributed by atoms with E-state index in [1.807, 2.05) is 36.4 Å². The topological polar surface area (TPSA) is 27.1 Å². The van der Waals surface area contributed by atoms with Crippen LogP contribution in [0.5, 0.6) is 5.75 Å². The molecule has 1 heterocycles. The largest absolute Gasteiger partial charge is 0.495 e. The summed E-state index contributed by atoms with van der Waals surface area (Å²) in [5.41, 5.74) is 4.28. The lowest BCUT2D eigenvalue weighted by atomic mass is 10.2. The van der Waals surface area contributed by atoms with Gasteiger partial charge < -0.3 is 4.74 Å². The molecule has 1 aromatic heterocycles. The quantitative estimate of drug-likeness (QED) is 0.678. The third-order valence-electron chi connectivity index (χ3n) is 3.59. The Morgan fingerprint density at radius 1 is 1.14 bits per heavy atom. The number of aromatic nitrogens is 2. The Morgan fingerprint density at radius 3 is 2.71 bits per heavy atom. The van der Waals surface area contributed by atoms with Crippen molar-refractivity contribution in [3.63, 3.8) is 0 Å². The van der Waals surface area contributed by atoms with Crippen LogP contribution in [-0.4, -0.2) is 22.5 Å². The molecule has 0 unspecified atom stereocenters. The second-order valence-electron chi connectivity index (χ2n) is 4.92. The van der Waals surface area contributed by atoms with Gasteiger partial charge in [-0.3, -0.25) is 4.57 Å². The lowest BCUT2D eigenvalue weighted by molar-refractivity contribution is 0.413. The predicted molar refractivity (Wildman–Crippen MR) is 86.8 cm³/mol. The molecule has 0 saturated heterocycles. The van der Waals surface area contributed by atoms with Gasteiger partial charge in [0.15, 0.2) is 0 Å². The summed E-state index contributed by atoms with van der Waals surface area (Å²) in [6.07, 6.45) is 0.716. The van der Waals surface area contributed by atoms with Crippen molar-refractivity contribution in [2.24, 2.45) is 0 Å². The number of methoxy groups -OCH3 is 1. The van der Waals surface area contributed by atoms with Gasteiger partial charge in [0.2, 0.25) is 0 Å². The van der Waals surface area contributed by atoms with E-state index in [4.69, 9.17) is 21.3 Å². The maximum absolute atomic E-state index is 5.95. The number of aryl methyl sites for hydroxylation is 2. The lowest BCUT2D eigenvalue weighted by Crippen LogP contribution is -2.04. The van der Waals surface area contributed by atoms with Gasteiger partial charge in [0.25, 0.3) is 0 Å². The number of benzene rings is 2. The monoisotopic (exact) mass is 300 g/mol. The normalized spacial score (nSPS) is 11.0. The molecule has 0 amide bonds. The van der Waals surface area contributed by atoms with Gasteiger partial charge in [0, 0.05) is 12.3 Å². The van der Waals surface area contributed by atoms with Crippen LogP contribution in [0, 0.1) is 6.92 Å². The molecule has 3 nitrogen and oxygen atoms in total. The molecule has 0 N–H and O–H groups in total. The fourth-order valence-electron chi connectivity index (χ4n) is 2.67. The highest BCUT2D eigenvalue weighted by Gasteiger charge is 2.16. The molecule has 0 radical (unpaired) electrons. The molecule has 0 spiro atoms. The summed E-state index contributed by atoms with van der Waals surface area (Å²) >= 11 is 5.95. The Balaban J connectivity index is 2.36. The van der Waals surface area contributed by atoms with Crippen molar-refractivity contribution in [2.45, 2.75) is 13.3 Å². The minimum atomic E-state index is 0.539. The molecule has 0 saturated carbocycles. The molecule has 0 aliphatic heterocycles. The van der Waals surface area contributed by atoms with Crippen LogP contribution in [0.2, 0.25) is 0 Å². The second-order valence-corrected chi connectivity index (χ2v) is 5.29. The number of hydrogen-bond acceptors (Lipinski definition) is 2. The standard InChI is InChI=1S/C17H17ClN2O/c1-12-6-5-7-13-17(12)20(16(19-13)10-11-18)14-8-3-4-9-15(14)21-2/h3-9H,10-11H2,1-2H3. The first-order chi connectivity index (χ1) is 10.3. The van der Waals surface area contributed by atoms with Crippen LogP contribution < -0.4 is 4.74 Å². The van der Waals surface area contributed by atoms with E-state index in [0.29, 0.717) is 12.3 Å². The summed E-state index contributed by atoms with van der Waals surface area (Å²) in [4.78, 5) is 4.74. The summed E-state index contributed by atoms with van der Waals surface area (Å²) in [5.74, 6) is 2.33. The van der Waals surface area contributed by atoms with E-state index in [1.54, 1.807) is 7.11 Å². The Kier molecular flexibility index (Phi) is 3.84. The first-order valence-corrected chi connectivity index (χ1v) is 7.46. The minimum absolute atomic E-state index is 0.539. The van der Waals surface area contributed by atoms with Crippen LogP contribution in [0.25, 0.3) is 16.7 Å². The van der Waals surface area contributed by atoms with E-state index in [9.17, 15) is 0 Å². The Morgan fingerprint density at radius 2 is 1.95 bits per heavy atom.